The quantitative estimate of drug-likeness (QED) is 0.265. The molecule has 38 heavy (non-hydrogen) atoms. The molecular formula is C30H68N8. The van der Waals surface area contributed by atoms with Crippen LogP contribution in [0, 0.1) is 23.7 Å². The molecule has 0 amide bonds. The Morgan fingerprint density at radius 1 is 0.474 bits per heavy atom. The summed E-state index contributed by atoms with van der Waals surface area (Å²) in [5, 5.41) is 12.9. The van der Waals surface area contributed by atoms with Crippen LogP contribution in [0.15, 0.2) is 0 Å². The maximum atomic E-state index is 5.63. The second kappa shape index (κ2) is 24.5. The van der Waals surface area contributed by atoms with Gasteiger partial charge in [0.1, 0.15) is 0 Å². The first-order valence-electron chi connectivity index (χ1n) is 16.2. The normalized spacial score (nSPS) is 26.2. The van der Waals surface area contributed by atoms with Crippen LogP contribution in [-0.4, -0.2) is 77.5 Å². The van der Waals surface area contributed by atoms with Gasteiger partial charge in [-0.1, -0.05) is 46.0 Å². The van der Waals surface area contributed by atoms with Crippen LogP contribution in [0.2, 0.25) is 0 Å². The Balaban J connectivity index is 0.000000228. The van der Waals surface area contributed by atoms with Gasteiger partial charge in [0.25, 0.3) is 0 Å². The average Bonchev–Trinajstić information content (AvgIpc) is 3.54. The zero-order valence-electron chi connectivity index (χ0n) is 25.3. The highest BCUT2D eigenvalue weighted by atomic mass is 15.0. The average molecular weight is 541 g/mol. The third-order valence-electron chi connectivity index (χ3n) is 8.38. The van der Waals surface area contributed by atoms with Crippen LogP contribution < -0.4 is 44.2 Å². The molecule has 2 aliphatic carbocycles. The summed E-state index contributed by atoms with van der Waals surface area (Å²) < 4.78 is 0. The monoisotopic (exact) mass is 541 g/mol. The largest absolute Gasteiger partial charge is 0.330 e. The van der Waals surface area contributed by atoms with E-state index in [0.29, 0.717) is 12.1 Å². The fourth-order valence-electron chi connectivity index (χ4n) is 4.89. The van der Waals surface area contributed by atoms with Gasteiger partial charge in [0.15, 0.2) is 0 Å². The summed E-state index contributed by atoms with van der Waals surface area (Å²) in [5.74, 6) is 3.47. The van der Waals surface area contributed by atoms with Gasteiger partial charge in [-0.15, -0.1) is 0 Å². The fraction of sp³-hybridized carbons (Fsp3) is 1.00. The molecule has 2 saturated carbocycles. The van der Waals surface area contributed by atoms with Crippen LogP contribution in [-0.2, 0) is 0 Å². The number of nitrogens with one attached hydrogen (secondary N) is 4. The molecule has 0 radical (unpaired) electrons. The van der Waals surface area contributed by atoms with Crippen LogP contribution in [0.4, 0.5) is 0 Å². The molecule has 1 atom stereocenters. The molecule has 0 aromatic rings. The molecule has 8 nitrogen and oxygen atoms in total. The van der Waals surface area contributed by atoms with E-state index in [1.165, 1.54) is 103 Å². The summed E-state index contributed by atoms with van der Waals surface area (Å²) in [6.07, 6.45) is 16.0. The number of nitrogens with two attached hydrogens (primary N) is 4. The summed E-state index contributed by atoms with van der Waals surface area (Å²) >= 11 is 0. The second-order valence-corrected chi connectivity index (χ2v) is 12.5. The summed E-state index contributed by atoms with van der Waals surface area (Å²) in [6.45, 7) is 15.8. The molecule has 0 bridgehead atoms. The van der Waals surface area contributed by atoms with Crippen molar-refractivity contribution in [2.75, 3.05) is 65.4 Å². The van der Waals surface area contributed by atoms with Gasteiger partial charge >= 0.3 is 0 Å². The molecule has 4 aliphatic heterocycles. The molecule has 4 saturated heterocycles. The number of piperidine rings is 1. The van der Waals surface area contributed by atoms with Crippen molar-refractivity contribution in [3.8, 4) is 0 Å². The topological polar surface area (TPSA) is 152 Å². The molecule has 6 aliphatic rings. The van der Waals surface area contributed by atoms with E-state index in [4.69, 9.17) is 22.9 Å². The minimum atomic E-state index is 0.536. The maximum Gasteiger partial charge on any atom is 0.00388 e. The SMILES string of the molecule is CC1CCNC1.CC1CCNCC1.NC1CCCC1.NC1CCCCC1.NCC1CNC1.NCC1CNC1. The Morgan fingerprint density at radius 2 is 0.868 bits per heavy atom. The van der Waals surface area contributed by atoms with Crippen molar-refractivity contribution in [1.82, 2.24) is 21.3 Å². The number of hydrogen-bond donors (Lipinski definition) is 8. The molecule has 6 rings (SSSR count). The molecule has 1 unspecified atom stereocenters. The highest BCUT2D eigenvalue weighted by Gasteiger charge is 2.13. The van der Waals surface area contributed by atoms with E-state index in [2.05, 4.69) is 35.1 Å². The van der Waals surface area contributed by atoms with E-state index >= 15 is 0 Å². The van der Waals surface area contributed by atoms with Gasteiger partial charge in [-0.2, -0.15) is 0 Å². The van der Waals surface area contributed by atoms with Crippen molar-refractivity contribution in [3.05, 3.63) is 0 Å². The molecule has 0 aromatic carbocycles. The Labute approximate surface area is 236 Å². The van der Waals surface area contributed by atoms with Crippen molar-refractivity contribution in [2.24, 2.45) is 46.6 Å². The van der Waals surface area contributed by atoms with Crippen molar-refractivity contribution in [2.45, 2.75) is 103 Å². The van der Waals surface area contributed by atoms with Gasteiger partial charge in [0, 0.05) is 38.3 Å². The maximum absolute atomic E-state index is 5.63. The second-order valence-electron chi connectivity index (χ2n) is 12.5. The summed E-state index contributed by atoms with van der Waals surface area (Å²) in [7, 11) is 0. The lowest BCUT2D eigenvalue weighted by Gasteiger charge is -2.24. The third kappa shape index (κ3) is 20.6. The van der Waals surface area contributed by atoms with E-state index in [9.17, 15) is 0 Å². The van der Waals surface area contributed by atoms with Crippen LogP contribution in [0.1, 0.15) is 90.9 Å². The zero-order chi connectivity index (χ0) is 27.8. The van der Waals surface area contributed by atoms with Crippen LogP contribution in [0.5, 0.6) is 0 Å². The van der Waals surface area contributed by atoms with Crippen molar-refractivity contribution < 1.29 is 0 Å². The van der Waals surface area contributed by atoms with E-state index in [-0.39, 0.29) is 0 Å². The van der Waals surface area contributed by atoms with Crippen LogP contribution >= 0.6 is 0 Å². The smallest absolute Gasteiger partial charge is 0.00388 e. The predicted molar refractivity (Wildman–Crippen MR) is 166 cm³/mol. The molecule has 8 heteroatoms. The minimum Gasteiger partial charge on any atom is -0.330 e. The lowest BCUT2D eigenvalue weighted by molar-refractivity contribution is 0.357. The first-order chi connectivity index (χ1) is 18.4. The molecular weight excluding hydrogens is 472 g/mol. The van der Waals surface area contributed by atoms with E-state index in [1.54, 1.807) is 0 Å². The third-order valence-corrected chi connectivity index (χ3v) is 8.38. The highest BCUT2D eigenvalue weighted by molar-refractivity contribution is 4.75. The fourth-order valence-corrected chi connectivity index (χ4v) is 4.89. The van der Waals surface area contributed by atoms with E-state index < -0.39 is 0 Å². The molecule has 12 N–H and O–H groups in total. The molecule has 6 fully saturated rings. The summed E-state index contributed by atoms with van der Waals surface area (Å²) in [5.41, 5.74) is 21.8. The highest BCUT2D eigenvalue weighted by Crippen LogP contribution is 2.15. The van der Waals surface area contributed by atoms with Crippen LogP contribution in [0.25, 0.3) is 0 Å². The first kappa shape index (κ1) is 35.7. The lowest BCUT2D eigenvalue weighted by atomic mass is 9.97. The van der Waals surface area contributed by atoms with E-state index in [0.717, 1.165) is 62.9 Å². The van der Waals surface area contributed by atoms with Crippen molar-refractivity contribution in [1.29, 1.82) is 0 Å². The number of rotatable bonds is 2. The molecule has 0 aromatic heterocycles. The Bertz CT molecular complexity index is 427. The van der Waals surface area contributed by atoms with Crippen LogP contribution in [0.3, 0.4) is 0 Å². The summed E-state index contributed by atoms with van der Waals surface area (Å²) in [4.78, 5) is 0. The van der Waals surface area contributed by atoms with Gasteiger partial charge in [-0.25, -0.2) is 0 Å². The standard InChI is InChI=1S/2C6H13N.2C5H11N.2C4H10N2/c1-6-2-4-7-5-3-6;7-6-4-2-1-3-5-6;1-5-2-3-6-4-5;6-5-3-1-2-4-5;2*5-1-4-2-6-3-4/h6-7H,2-5H2,1H3;6H,1-5,7H2;5-6H,2-4H2,1H3;5H,1-4,6H2;2*4,6H,1-3,5H2. The minimum absolute atomic E-state index is 0.536. The Kier molecular flexibility index (Phi) is 23.0. The van der Waals surface area contributed by atoms with Crippen molar-refractivity contribution >= 4 is 0 Å². The van der Waals surface area contributed by atoms with Gasteiger partial charge in [0.05, 0.1) is 0 Å². The molecule has 228 valence electrons. The molecule has 4 heterocycles. The zero-order valence-corrected chi connectivity index (χ0v) is 25.3. The first-order valence-corrected chi connectivity index (χ1v) is 16.2. The number of hydrogen-bond acceptors (Lipinski definition) is 8. The van der Waals surface area contributed by atoms with Gasteiger partial charge < -0.3 is 44.2 Å². The van der Waals surface area contributed by atoms with Gasteiger partial charge in [-0.05, 0) is 108 Å². The Hall–Kier alpha value is -0.320. The lowest BCUT2D eigenvalue weighted by Crippen LogP contribution is -2.45. The predicted octanol–water partition coefficient (Wildman–Crippen LogP) is 2.12. The van der Waals surface area contributed by atoms with Crippen molar-refractivity contribution in [3.63, 3.8) is 0 Å². The summed E-state index contributed by atoms with van der Waals surface area (Å²) in [6, 6.07) is 1.08. The molecule has 0 spiro atoms. The van der Waals surface area contributed by atoms with E-state index in [1.807, 2.05) is 0 Å². The van der Waals surface area contributed by atoms with Gasteiger partial charge in [0.2, 0.25) is 0 Å². The van der Waals surface area contributed by atoms with Gasteiger partial charge in [-0.3, -0.25) is 0 Å². The Morgan fingerprint density at radius 3 is 1.03 bits per heavy atom.